The number of aliphatic hydroxyl groups excluding tert-OH is 3. The van der Waals surface area contributed by atoms with Crippen molar-refractivity contribution in [3.8, 4) is 0 Å². The van der Waals surface area contributed by atoms with Crippen LogP contribution >= 0.6 is 0 Å². The molecular formula is C48H80N2O13. The molecule has 1 aliphatic carbocycles. The number of hydrogen-bond acceptors (Lipinski definition) is 14. The molecule has 0 radical (unpaired) electrons. The Kier molecular flexibility index (Phi) is 22.1. The number of ketones is 1. The third-order valence-electron chi connectivity index (χ3n) is 13.5. The number of esters is 1. The first-order valence-electron chi connectivity index (χ1n) is 22.7. The molecule has 2 saturated heterocycles. The molecule has 2 bridgehead atoms. The van der Waals surface area contributed by atoms with Gasteiger partial charge in [0.1, 0.15) is 24.9 Å². The van der Waals surface area contributed by atoms with Gasteiger partial charge in [0, 0.05) is 65.1 Å². The minimum atomic E-state index is -2.52. The highest BCUT2D eigenvalue weighted by Gasteiger charge is 2.56. The molecule has 4 rings (SSSR count). The van der Waals surface area contributed by atoms with Gasteiger partial charge in [0.25, 0.3) is 11.7 Å². The summed E-state index contributed by atoms with van der Waals surface area (Å²) >= 11 is 0. The van der Waals surface area contributed by atoms with Crippen molar-refractivity contribution in [2.24, 2.45) is 34.7 Å². The van der Waals surface area contributed by atoms with Crippen LogP contribution in [-0.2, 0) is 42.9 Å². The molecule has 3 aliphatic heterocycles. The van der Waals surface area contributed by atoms with E-state index < -0.39 is 77.9 Å². The average Bonchev–Trinajstić information content (AvgIpc) is 3.25. The lowest BCUT2D eigenvalue weighted by Crippen LogP contribution is -2.64. The fraction of sp³-hybridized carbons (Fsp3) is 0.792. The van der Waals surface area contributed by atoms with E-state index in [2.05, 4.69) is 24.7 Å². The number of carbonyl (C=O) groups is 3. The molecular weight excluding hydrogens is 813 g/mol. The molecule has 0 aromatic rings. The first kappa shape index (κ1) is 54.3. The van der Waals surface area contributed by atoms with Crippen LogP contribution in [0.4, 0.5) is 0 Å². The van der Waals surface area contributed by atoms with E-state index in [-0.39, 0.29) is 70.3 Å². The van der Waals surface area contributed by atoms with Crippen LogP contribution in [0, 0.1) is 29.6 Å². The van der Waals surface area contributed by atoms with Gasteiger partial charge in [-0.15, -0.1) is 6.58 Å². The smallest absolute Gasteiger partial charge is 0.329 e. The quantitative estimate of drug-likeness (QED) is 0.0670. The predicted octanol–water partition coefficient (Wildman–Crippen LogP) is 5.46. The molecule has 0 aromatic heterocycles. The lowest BCUT2D eigenvalue weighted by molar-refractivity contribution is -0.302. The number of rotatable bonds is 11. The average molecular weight is 893 g/mol. The number of Topliss-reactive ketones (excluding diaryl/α,β-unsaturated/α-hetero) is 1. The molecule has 1 saturated carbocycles. The van der Waals surface area contributed by atoms with E-state index in [4.69, 9.17) is 28.5 Å². The number of methoxy groups -OCH3 is 3. The van der Waals surface area contributed by atoms with Crippen molar-refractivity contribution in [2.75, 3.05) is 41.1 Å². The second-order valence-electron chi connectivity index (χ2n) is 18.3. The molecule has 15 nitrogen and oxygen atoms in total. The molecule has 4 N–H and O–H groups in total. The van der Waals surface area contributed by atoms with E-state index in [1.807, 2.05) is 19.9 Å². The van der Waals surface area contributed by atoms with Crippen molar-refractivity contribution >= 4 is 23.4 Å². The number of amides is 1. The fourth-order valence-electron chi connectivity index (χ4n) is 9.80. The number of oxime groups is 1. The summed E-state index contributed by atoms with van der Waals surface area (Å²) in [5.41, 5.74) is 2.27. The van der Waals surface area contributed by atoms with Gasteiger partial charge in [0.05, 0.1) is 36.2 Å². The zero-order chi connectivity index (χ0) is 45.7. The Bertz CT molecular complexity index is 1580. The third kappa shape index (κ3) is 14.0. The highest BCUT2D eigenvalue weighted by Crippen LogP contribution is 2.39. The first-order valence-corrected chi connectivity index (χ1v) is 22.7. The van der Waals surface area contributed by atoms with E-state index in [9.17, 15) is 34.8 Å². The van der Waals surface area contributed by atoms with Gasteiger partial charge in [-0.25, -0.2) is 4.79 Å². The maximum absolute atomic E-state index is 14.5. The van der Waals surface area contributed by atoms with Crippen LogP contribution in [0.15, 0.2) is 41.1 Å². The fourth-order valence-corrected chi connectivity index (χ4v) is 9.80. The van der Waals surface area contributed by atoms with Crippen molar-refractivity contribution < 1.29 is 63.3 Å². The summed E-state index contributed by atoms with van der Waals surface area (Å²) in [6.07, 6.45) is 6.14. The molecule has 4 aliphatic rings. The highest BCUT2D eigenvalue weighted by molar-refractivity contribution is 6.39. The van der Waals surface area contributed by atoms with Gasteiger partial charge in [-0.3, -0.25) is 9.59 Å². The summed E-state index contributed by atoms with van der Waals surface area (Å²) in [5, 5.41) is 48.7. The number of nitrogens with zero attached hydrogens (tertiary/aromatic N) is 2. The monoisotopic (exact) mass is 893 g/mol. The van der Waals surface area contributed by atoms with E-state index in [0.29, 0.717) is 69.1 Å². The van der Waals surface area contributed by atoms with Gasteiger partial charge in [0.2, 0.25) is 5.79 Å². The van der Waals surface area contributed by atoms with Crippen LogP contribution in [0.5, 0.6) is 0 Å². The Labute approximate surface area is 376 Å². The molecule has 14 atom stereocenters. The Hall–Kier alpha value is -3.02. The second-order valence-corrected chi connectivity index (χ2v) is 18.3. The molecule has 0 unspecified atom stereocenters. The lowest BCUT2D eigenvalue weighted by atomic mass is 9.81. The Morgan fingerprint density at radius 3 is 2.30 bits per heavy atom. The van der Waals surface area contributed by atoms with Gasteiger partial charge in [-0.2, -0.15) is 0 Å². The summed E-state index contributed by atoms with van der Waals surface area (Å²) in [4.78, 5) is 50.1. The van der Waals surface area contributed by atoms with E-state index in [1.54, 1.807) is 27.0 Å². The van der Waals surface area contributed by atoms with Crippen molar-refractivity contribution in [1.29, 1.82) is 0 Å². The zero-order valence-corrected chi connectivity index (χ0v) is 38.4. The van der Waals surface area contributed by atoms with E-state index >= 15 is 0 Å². The van der Waals surface area contributed by atoms with Gasteiger partial charge in [-0.1, -0.05) is 57.2 Å². The number of cyclic esters (lactones) is 1. The second kappa shape index (κ2) is 25.6. The molecule has 3 heterocycles. The number of carbonyl (C=O) groups excluding carboxylic acids is 3. The van der Waals surface area contributed by atoms with Crippen LogP contribution in [0.3, 0.4) is 0 Å². The molecule has 15 heteroatoms. The molecule has 3 fully saturated rings. The van der Waals surface area contributed by atoms with Gasteiger partial charge >= 0.3 is 5.97 Å². The van der Waals surface area contributed by atoms with Crippen molar-refractivity contribution in [2.45, 2.75) is 174 Å². The summed E-state index contributed by atoms with van der Waals surface area (Å²) in [7, 11) is 4.65. The molecule has 1 amide bonds. The number of aliphatic hydroxyl groups is 4. The topological polar surface area (TPSA) is 203 Å². The largest absolute Gasteiger partial charge is 0.456 e. The maximum Gasteiger partial charge on any atom is 0.329 e. The van der Waals surface area contributed by atoms with Crippen molar-refractivity contribution in [3.63, 3.8) is 0 Å². The van der Waals surface area contributed by atoms with Crippen LogP contribution in [0.25, 0.3) is 0 Å². The first-order chi connectivity index (χ1) is 29.5. The third-order valence-corrected chi connectivity index (χ3v) is 13.5. The van der Waals surface area contributed by atoms with Crippen LogP contribution in [0.2, 0.25) is 0 Å². The predicted molar refractivity (Wildman–Crippen MR) is 239 cm³/mol. The standard InChI is InChI=1S/C47H76N2O13.CH4/c1-10-14-34-22-28(2)21-29(3)23-40(58-8)43-41(59-9)25-31(5)47(56,62-43)44(53)45(54)49-18-12-11-15-36(49)46(55)61-42(30(4)24-33-16-17-37(51)39(26-33)57-7)32(6)38(52)27-35(34)48-60-20-13-19-50;/h10,22,24,29,31-34,36-43,50-52,56H,1,11-21,23,25-27H2,2-9H3;1H4/b28-22+,30-24+,48-35-;/t29-,31+,32+,33-,34+,36-,37+,38-,39+,40-,41-,42+,43+,47+;/m0./s1. The van der Waals surface area contributed by atoms with Crippen LogP contribution < -0.4 is 0 Å². The van der Waals surface area contributed by atoms with Gasteiger partial charge in [-0.05, 0) is 95.5 Å². The summed E-state index contributed by atoms with van der Waals surface area (Å²) in [5.74, 6) is -7.29. The molecule has 360 valence electrons. The molecule has 0 spiro atoms. The number of allylic oxidation sites excluding steroid dienone is 4. The maximum atomic E-state index is 14.5. The minimum absolute atomic E-state index is 0. The van der Waals surface area contributed by atoms with Crippen LogP contribution in [0.1, 0.15) is 119 Å². The normalized spacial score (nSPS) is 38.6. The zero-order valence-electron chi connectivity index (χ0n) is 38.4. The summed E-state index contributed by atoms with van der Waals surface area (Å²) in [6, 6.07) is -1.14. The Morgan fingerprint density at radius 2 is 1.65 bits per heavy atom. The van der Waals surface area contributed by atoms with Crippen molar-refractivity contribution in [1.82, 2.24) is 4.90 Å². The van der Waals surface area contributed by atoms with Gasteiger partial charge < -0.3 is 53.8 Å². The number of hydrogen-bond donors (Lipinski definition) is 4. The number of fused-ring (bicyclic) bond motifs is 3. The van der Waals surface area contributed by atoms with E-state index in [0.717, 1.165) is 5.57 Å². The minimum Gasteiger partial charge on any atom is -0.456 e. The summed E-state index contributed by atoms with van der Waals surface area (Å²) < 4.78 is 30.1. The number of piperidine rings is 1. The van der Waals surface area contributed by atoms with Gasteiger partial charge in [0.15, 0.2) is 0 Å². The van der Waals surface area contributed by atoms with E-state index in [1.165, 1.54) is 19.1 Å². The SMILES string of the molecule is C.C=CC[C@@H]1/C=C(\C)C[C@H](C)C[C@H](OC)[C@H]2O[C@@](O)(C(=O)C(=O)N3CCCC[C@H]3C(=O)O[C@H](/C(C)=C/[C@@H]3CC[C@@H](O)[C@H](OC)C3)[C@H](C)[C@@H](O)C/C1=N/OCCCO)[C@H](C)C[C@@H]2OC. The lowest BCUT2D eigenvalue weighted by Gasteiger charge is -2.47. The Morgan fingerprint density at radius 1 is 0.968 bits per heavy atom. The molecule has 63 heavy (non-hydrogen) atoms. The van der Waals surface area contributed by atoms with Crippen LogP contribution in [-0.4, -0.2) is 144 Å². The highest BCUT2D eigenvalue weighted by atomic mass is 16.7. The number of ether oxygens (including phenoxy) is 5. The molecule has 0 aromatic carbocycles. The summed E-state index contributed by atoms with van der Waals surface area (Å²) in [6.45, 7) is 13.6. The van der Waals surface area contributed by atoms with Crippen molar-refractivity contribution in [3.05, 3.63) is 36.0 Å². The Balaban J connectivity index is 0.0000106.